The highest BCUT2D eigenvalue weighted by molar-refractivity contribution is 7.18. The number of nitrogens with zero attached hydrogens (tertiary/aromatic N) is 1. The lowest BCUT2D eigenvalue weighted by Crippen LogP contribution is -2.13. The van der Waals surface area contributed by atoms with E-state index in [9.17, 15) is 19.5 Å². The Bertz CT molecular complexity index is 1080. The quantitative estimate of drug-likeness (QED) is 0.517. The van der Waals surface area contributed by atoms with Crippen LogP contribution in [0.5, 0.6) is 5.75 Å². The molecule has 0 spiro atoms. The van der Waals surface area contributed by atoms with Crippen molar-refractivity contribution in [1.29, 1.82) is 0 Å². The maximum atomic E-state index is 12.3. The first-order chi connectivity index (χ1) is 13.9. The van der Waals surface area contributed by atoms with E-state index in [1.54, 1.807) is 42.5 Å². The maximum absolute atomic E-state index is 12.3. The van der Waals surface area contributed by atoms with Gasteiger partial charge in [-0.3, -0.25) is 9.78 Å². The second-order valence-electron chi connectivity index (χ2n) is 5.64. The molecule has 10 heteroatoms. The fourth-order valence-corrected chi connectivity index (χ4v) is 3.82. The summed E-state index contributed by atoms with van der Waals surface area (Å²) >= 11 is 7.13. The van der Waals surface area contributed by atoms with Crippen molar-refractivity contribution in [3.8, 4) is 16.2 Å². The number of aliphatic carboxylic acids is 1. The van der Waals surface area contributed by atoms with Crippen LogP contribution >= 0.6 is 22.9 Å². The predicted molar refractivity (Wildman–Crippen MR) is 107 cm³/mol. The Kier molecular flexibility index (Phi) is 6.10. The average Bonchev–Trinajstić information content (AvgIpc) is 3.04. The van der Waals surface area contributed by atoms with Gasteiger partial charge in [0.25, 0.3) is 5.91 Å². The molecule has 0 aliphatic rings. The molecule has 0 fully saturated rings. The van der Waals surface area contributed by atoms with Crippen LogP contribution in [0.15, 0.2) is 48.7 Å². The molecule has 1 amide bonds. The number of carboxylic acid groups (broad SMARTS) is 2. The van der Waals surface area contributed by atoms with Crippen LogP contribution in [0.2, 0.25) is 5.02 Å². The van der Waals surface area contributed by atoms with Crippen LogP contribution in [-0.2, 0) is 4.79 Å². The smallest absolute Gasteiger partial charge is 0.349 e. The summed E-state index contributed by atoms with van der Waals surface area (Å²) < 4.78 is 5.07. The zero-order valence-corrected chi connectivity index (χ0v) is 16.2. The molecule has 0 radical (unpaired) electrons. The minimum absolute atomic E-state index is 0.0122. The Labute approximate surface area is 173 Å². The van der Waals surface area contributed by atoms with E-state index in [1.807, 2.05) is 0 Å². The van der Waals surface area contributed by atoms with Gasteiger partial charge in [0.15, 0.2) is 17.2 Å². The molecule has 2 aromatic heterocycles. The Balaban J connectivity index is 1.92. The minimum Gasteiger partial charge on any atom is -0.479 e. The third-order valence-electron chi connectivity index (χ3n) is 3.62. The van der Waals surface area contributed by atoms with E-state index in [0.717, 1.165) is 11.3 Å². The van der Waals surface area contributed by atoms with Gasteiger partial charge in [-0.05, 0) is 29.8 Å². The third-order valence-corrected chi connectivity index (χ3v) is 5.30. The van der Waals surface area contributed by atoms with Crippen molar-refractivity contribution in [2.45, 2.75) is 0 Å². The van der Waals surface area contributed by atoms with Crippen LogP contribution in [0.1, 0.15) is 20.2 Å². The van der Waals surface area contributed by atoms with Crippen LogP contribution < -0.4 is 10.1 Å². The Morgan fingerprint density at radius 1 is 1.14 bits per heavy atom. The summed E-state index contributed by atoms with van der Waals surface area (Å²) in [6.07, 6.45) is 1.50. The first-order valence-electron chi connectivity index (χ1n) is 8.10. The fourth-order valence-electron chi connectivity index (χ4n) is 2.42. The number of carbonyl (C=O) groups excluding carboxylic acids is 1. The fraction of sp³-hybridized carbons (Fsp3) is 0.0526. The summed E-state index contributed by atoms with van der Waals surface area (Å²) in [6, 6.07) is 11.6. The van der Waals surface area contributed by atoms with Gasteiger partial charge in [0.1, 0.15) is 10.7 Å². The molecular weight excluding hydrogens is 420 g/mol. The minimum atomic E-state index is -1.29. The summed E-state index contributed by atoms with van der Waals surface area (Å²) in [5.41, 5.74) is 1.23. The van der Waals surface area contributed by atoms with Gasteiger partial charge in [-0.1, -0.05) is 29.8 Å². The summed E-state index contributed by atoms with van der Waals surface area (Å²) in [7, 11) is 0. The lowest BCUT2D eigenvalue weighted by atomic mass is 10.1. The molecule has 0 aliphatic carbocycles. The van der Waals surface area contributed by atoms with E-state index in [-0.39, 0.29) is 21.3 Å². The van der Waals surface area contributed by atoms with Crippen molar-refractivity contribution in [3.63, 3.8) is 0 Å². The van der Waals surface area contributed by atoms with Gasteiger partial charge >= 0.3 is 11.9 Å². The molecule has 8 nitrogen and oxygen atoms in total. The SMILES string of the molecule is O=C(O)COc1c(C(=O)O)sc(-c2cccc(NC(=O)c3ccccn3)c2)c1Cl. The number of thiophene rings is 1. The van der Waals surface area contributed by atoms with E-state index >= 15 is 0 Å². The van der Waals surface area contributed by atoms with Crippen molar-refractivity contribution in [1.82, 2.24) is 4.98 Å². The number of aromatic carboxylic acids is 1. The van der Waals surface area contributed by atoms with Crippen LogP contribution in [0.25, 0.3) is 10.4 Å². The third kappa shape index (κ3) is 4.71. The van der Waals surface area contributed by atoms with Gasteiger partial charge in [-0.15, -0.1) is 11.3 Å². The zero-order valence-electron chi connectivity index (χ0n) is 14.6. The highest BCUT2D eigenvalue weighted by Gasteiger charge is 2.25. The zero-order chi connectivity index (χ0) is 21.0. The number of amides is 1. The van der Waals surface area contributed by atoms with Gasteiger partial charge in [-0.2, -0.15) is 0 Å². The van der Waals surface area contributed by atoms with Crippen molar-refractivity contribution >= 4 is 46.5 Å². The van der Waals surface area contributed by atoms with Gasteiger partial charge in [0.05, 0.1) is 4.88 Å². The van der Waals surface area contributed by atoms with Gasteiger partial charge < -0.3 is 20.3 Å². The first-order valence-corrected chi connectivity index (χ1v) is 9.29. The average molecular weight is 433 g/mol. The standard InChI is InChI=1S/C19H13ClN2O6S/c20-14-15(28-9-13(23)24)17(19(26)27)29-16(14)10-4-3-5-11(8-10)22-18(25)12-6-1-2-7-21-12/h1-8H,9H2,(H,22,25)(H,23,24)(H,26,27). The number of hydrogen-bond donors (Lipinski definition) is 3. The van der Waals surface area contributed by atoms with Crippen molar-refractivity contribution in [2.75, 3.05) is 11.9 Å². The topological polar surface area (TPSA) is 126 Å². The number of hydrogen-bond acceptors (Lipinski definition) is 6. The molecule has 0 bridgehead atoms. The molecule has 0 aliphatic heterocycles. The molecule has 3 N–H and O–H groups in total. The van der Waals surface area contributed by atoms with E-state index in [0.29, 0.717) is 16.1 Å². The van der Waals surface area contributed by atoms with Crippen molar-refractivity contribution in [2.24, 2.45) is 0 Å². The Morgan fingerprint density at radius 3 is 2.59 bits per heavy atom. The largest absolute Gasteiger partial charge is 0.479 e. The van der Waals surface area contributed by atoms with E-state index in [4.69, 9.17) is 21.4 Å². The van der Waals surface area contributed by atoms with Crippen LogP contribution in [0, 0.1) is 0 Å². The number of carbonyl (C=O) groups is 3. The number of nitrogens with one attached hydrogen (secondary N) is 1. The molecule has 0 unspecified atom stereocenters. The highest BCUT2D eigenvalue weighted by atomic mass is 35.5. The molecular formula is C19H13ClN2O6S. The molecule has 1 aromatic carbocycles. The molecule has 0 atom stereocenters. The maximum Gasteiger partial charge on any atom is 0.349 e. The number of rotatable bonds is 7. The van der Waals surface area contributed by atoms with E-state index < -0.39 is 24.5 Å². The summed E-state index contributed by atoms with van der Waals surface area (Å²) in [4.78, 5) is 38.7. The number of anilines is 1. The predicted octanol–water partition coefficient (Wildman–Crippen LogP) is 3.88. The molecule has 3 aromatic rings. The highest BCUT2D eigenvalue weighted by Crippen LogP contribution is 2.45. The number of aromatic nitrogens is 1. The van der Waals surface area contributed by atoms with Gasteiger partial charge in [0.2, 0.25) is 0 Å². The molecule has 2 heterocycles. The van der Waals surface area contributed by atoms with Crippen LogP contribution in [-0.4, -0.2) is 39.6 Å². The number of halogens is 1. The van der Waals surface area contributed by atoms with Crippen LogP contribution in [0.3, 0.4) is 0 Å². The van der Waals surface area contributed by atoms with Gasteiger partial charge in [0, 0.05) is 11.9 Å². The lowest BCUT2D eigenvalue weighted by Gasteiger charge is -2.07. The Hall–Kier alpha value is -3.43. The van der Waals surface area contributed by atoms with E-state index in [2.05, 4.69) is 10.3 Å². The number of carboxylic acids is 2. The first kappa shape index (κ1) is 20.3. The van der Waals surface area contributed by atoms with Gasteiger partial charge in [-0.25, -0.2) is 9.59 Å². The second kappa shape index (κ2) is 8.72. The lowest BCUT2D eigenvalue weighted by molar-refractivity contribution is -0.139. The molecule has 148 valence electrons. The Morgan fingerprint density at radius 2 is 1.93 bits per heavy atom. The summed E-state index contributed by atoms with van der Waals surface area (Å²) in [5, 5.41) is 20.8. The number of ether oxygens (including phenoxy) is 1. The molecule has 3 rings (SSSR count). The van der Waals surface area contributed by atoms with Crippen molar-refractivity contribution in [3.05, 3.63) is 64.3 Å². The monoisotopic (exact) mass is 432 g/mol. The summed E-state index contributed by atoms with van der Waals surface area (Å²) in [6.45, 7) is -0.726. The molecule has 0 saturated carbocycles. The normalized spacial score (nSPS) is 10.4. The molecule has 29 heavy (non-hydrogen) atoms. The number of pyridine rings is 1. The summed E-state index contributed by atoms with van der Waals surface area (Å²) in [5.74, 6) is -3.16. The molecule has 0 saturated heterocycles. The van der Waals surface area contributed by atoms with E-state index in [1.165, 1.54) is 6.20 Å². The number of benzene rings is 1. The van der Waals surface area contributed by atoms with Crippen LogP contribution in [0.4, 0.5) is 5.69 Å². The van der Waals surface area contributed by atoms with Crippen molar-refractivity contribution < 1.29 is 29.3 Å². The second-order valence-corrected chi connectivity index (χ2v) is 7.04.